The second-order valence-electron chi connectivity index (χ2n) is 2.26. The normalized spacial score (nSPS) is 11.1. The molecule has 0 aliphatic heterocycles. The van der Waals surface area contributed by atoms with Crippen molar-refractivity contribution in [2.45, 2.75) is 0 Å². The molecular formula is C5H12NO3P. The minimum absolute atomic E-state index is 0.0147. The maximum Gasteiger partial charge on any atom is 0.320 e. The van der Waals surface area contributed by atoms with E-state index in [1.807, 2.05) is 0 Å². The first-order valence-corrected chi connectivity index (χ1v) is 5.43. The minimum Gasteiger partial charge on any atom is -0.468 e. The standard InChI is InChI=1S/C5H12NO3P/c1-9-5(7)4-6-10(2,3)8/h4H2,1-3H3,(H,6,8). The SMILES string of the molecule is COC(=O)CNP(C)(C)=O. The lowest BCUT2D eigenvalue weighted by Gasteiger charge is -2.06. The monoisotopic (exact) mass is 165 g/mol. The first-order chi connectivity index (χ1) is 4.45. The van der Waals surface area contributed by atoms with Gasteiger partial charge in [0.2, 0.25) is 0 Å². The van der Waals surface area contributed by atoms with Crippen LogP contribution in [0.5, 0.6) is 0 Å². The maximum absolute atomic E-state index is 10.9. The smallest absolute Gasteiger partial charge is 0.320 e. The van der Waals surface area contributed by atoms with Gasteiger partial charge in [-0.15, -0.1) is 0 Å². The van der Waals surface area contributed by atoms with Crippen LogP contribution in [0.1, 0.15) is 0 Å². The Balaban J connectivity index is 3.56. The van der Waals surface area contributed by atoms with Gasteiger partial charge in [-0.1, -0.05) is 0 Å². The number of carbonyl (C=O) groups excluding carboxylic acids is 1. The Bertz CT molecular complexity index is 162. The zero-order valence-electron chi connectivity index (χ0n) is 6.38. The quantitative estimate of drug-likeness (QED) is 0.482. The van der Waals surface area contributed by atoms with Crippen LogP contribution in [-0.2, 0) is 14.1 Å². The van der Waals surface area contributed by atoms with Crippen molar-refractivity contribution in [2.75, 3.05) is 27.0 Å². The molecule has 0 aromatic heterocycles. The molecule has 0 aromatic rings. The van der Waals surface area contributed by atoms with E-state index in [2.05, 4.69) is 9.82 Å². The zero-order chi connectivity index (χ0) is 8.20. The number of carbonyl (C=O) groups is 1. The van der Waals surface area contributed by atoms with Gasteiger partial charge in [-0.25, -0.2) is 0 Å². The second kappa shape index (κ2) is 3.74. The van der Waals surface area contributed by atoms with Crippen LogP contribution in [0.2, 0.25) is 0 Å². The Hall–Kier alpha value is -0.340. The average Bonchev–Trinajstić information content (AvgIpc) is 1.81. The summed E-state index contributed by atoms with van der Waals surface area (Å²) >= 11 is 0. The van der Waals surface area contributed by atoms with Gasteiger partial charge in [0.15, 0.2) is 0 Å². The van der Waals surface area contributed by atoms with Crippen LogP contribution in [0.25, 0.3) is 0 Å². The van der Waals surface area contributed by atoms with E-state index in [9.17, 15) is 9.36 Å². The topological polar surface area (TPSA) is 55.4 Å². The van der Waals surface area contributed by atoms with E-state index in [0.29, 0.717) is 0 Å². The highest BCUT2D eigenvalue weighted by Crippen LogP contribution is 2.28. The molecule has 0 amide bonds. The van der Waals surface area contributed by atoms with E-state index in [-0.39, 0.29) is 6.54 Å². The second-order valence-corrected chi connectivity index (χ2v) is 5.28. The Labute approximate surface area is 60.4 Å². The molecule has 0 atom stereocenters. The third-order valence-corrected chi connectivity index (χ3v) is 1.75. The van der Waals surface area contributed by atoms with Gasteiger partial charge in [0.1, 0.15) is 7.29 Å². The first-order valence-electron chi connectivity index (χ1n) is 2.82. The van der Waals surface area contributed by atoms with Gasteiger partial charge >= 0.3 is 5.97 Å². The molecule has 1 N–H and O–H groups in total. The lowest BCUT2D eigenvalue weighted by molar-refractivity contribution is -0.139. The van der Waals surface area contributed by atoms with Crippen LogP contribution in [0.3, 0.4) is 0 Å². The number of ether oxygens (including phenoxy) is 1. The molecule has 10 heavy (non-hydrogen) atoms. The minimum atomic E-state index is -2.28. The number of rotatable bonds is 3. The van der Waals surface area contributed by atoms with E-state index in [1.165, 1.54) is 7.11 Å². The highest BCUT2D eigenvalue weighted by Gasteiger charge is 2.07. The molecule has 0 unspecified atom stereocenters. The van der Waals surface area contributed by atoms with Crippen molar-refractivity contribution < 1.29 is 14.1 Å². The highest BCUT2D eigenvalue weighted by atomic mass is 31.2. The number of hydrogen-bond donors (Lipinski definition) is 1. The molecule has 60 valence electrons. The molecule has 4 nitrogen and oxygen atoms in total. The highest BCUT2D eigenvalue weighted by molar-refractivity contribution is 7.60. The molecule has 0 rings (SSSR count). The molecule has 0 spiro atoms. The first kappa shape index (κ1) is 9.66. The summed E-state index contributed by atoms with van der Waals surface area (Å²) < 4.78 is 15.2. The van der Waals surface area contributed by atoms with Crippen LogP contribution in [0, 0.1) is 0 Å². The van der Waals surface area contributed by atoms with Crippen LogP contribution in [0.4, 0.5) is 0 Å². The van der Waals surface area contributed by atoms with Crippen LogP contribution >= 0.6 is 7.29 Å². The van der Waals surface area contributed by atoms with Crippen molar-refractivity contribution >= 4 is 13.3 Å². The van der Waals surface area contributed by atoms with Crippen molar-refractivity contribution in [1.29, 1.82) is 0 Å². The van der Waals surface area contributed by atoms with Gasteiger partial charge < -0.3 is 9.30 Å². The van der Waals surface area contributed by atoms with Crippen LogP contribution in [0.15, 0.2) is 0 Å². The van der Waals surface area contributed by atoms with E-state index >= 15 is 0 Å². The molecule has 0 bridgehead atoms. The Morgan fingerprint density at radius 1 is 1.60 bits per heavy atom. The van der Waals surface area contributed by atoms with Crippen molar-refractivity contribution in [2.24, 2.45) is 0 Å². The summed E-state index contributed by atoms with van der Waals surface area (Å²) in [5.41, 5.74) is 0. The summed E-state index contributed by atoms with van der Waals surface area (Å²) in [4.78, 5) is 10.5. The number of nitrogens with one attached hydrogen (secondary N) is 1. The lowest BCUT2D eigenvalue weighted by Crippen LogP contribution is -2.20. The van der Waals surface area contributed by atoms with E-state index in [0.717, 1.165) is 0 Å². The predicted molar refractivity (Wildman–Crippen MR) is 39.5 cm³/mol. The fourth-order valence-electron chi connectivity index (χ4n) is 0.327. The largest absolute Gasteiger partial charge is 0.468 e. The molecule has 0 aliphatic carbocycles. The maximum atomic E-state index is 10.9. The molecule has 0 aliphatic rings. The Kier molecular flexibility index (Phi) is 3.61. The van der Waals surface area contributed by atoms with Gasteiger partial charge in [-0.05, 0) is 0 Å². The van der Waals surface area contributed by atoms with Crippen LogP contribution in [-0.4, -0.2) is 33.0 Å². The fraction of sp³-hybridized carbons (Fsp3) is 0.800. The van der Waals surface area contributed by atoms with Gasteiger partial charge in [-0.2, -0.15) is 0 Å². The molecule has 0 aromatic carbocycles. The summed E-state index contributed by atoms with van der Waals surface area (Å²) in [6, 6.07) is 0. The van der Waals surface area contributed by atoms with Crippen molar-refractivity contribution in [3.63, 3.8) is 0 Å². The Morgan fingerprint density at radius 2 is 2.10 bits per heavy atom. The van der Waals surface area contributed by atoms with E-state index in [4.69, 9.17) is 0 Å². The number of hydrogen-bond acceptors (Lipinski definition) is 3. The molecule has 0 heterocycles. The van der Waals surface area contributed by atoms with Gasteiger partial charge in [0, 0.05) is 13.3 Å². The van der Waals surface area contributed by atoms with Crippen LogP contribution < -0.4 is 5.09 Å². The molecule has 0 saturated carbocycles. The Morgan fingerprint density at radius 3 is 2.40 bits per heavy atom. The van der Waals surface area contributed by atoms with Crippen molar-refractivity contribution in [3.8, 4) is 0 Å². The van der Waals surface area contributed by atoms with Gasteiger partial charge in [0.25, 0.3) is 0 Å². The third-order valence-electron chi connectivity index (χ3n) is 0.832. The number of esters is 1. The van der Waals surface area contributed by atoms with Gasteiger partial charge in [0.05, 0.1) is 13.7 Å². The molecule has 0 radical (unpaired) electrons. The summed E-state index contributed by atoms with van der Waals surface area (Å²) in [5.74, 6) is -0.399. The predicted octanol–water partition coefficient (Wildman–Crippen LogP) is 0.287. The van der Waals surface area contributed by atoms with E-state index < -0.39 is 13.3 Å². The average molecular weight is 165 g/mol. The molecular weight excluding hydrogens is 153 g/mol. The van der Waals surface area contributed by atoms with Gasteiger partial charge in [-0.3, -0.25) is 9.88 Å². The fourth-order valence-corrected chi connectivity index (χ4v) is 0.837. The molecule has 5 heteroatoms. The summed E-state index contributed by atoms with van der Waals surface area (Å²) in [7, 11) is -0.992. The number of methoxy groups -OCH3 is 1. The van der Waals surface area contributed by atoms with E-state index in [1.54, 1.807) is 13.3 Å². The zero-order valence-corrected chi connectivity index (χ0v) is 7.27. The van der Waals surface area contributed by atoms with Crippen molar-refractivity contribution in [1.82, 2.24) is 5.09 Å². The summed E-state index contributed by atoms with van der Waals surface area (Å²) in [5, 5.41) is 2.55. The molecule has 0 fully saturated rings. The summed E-state index contributed by atoms with van der Waals surface area (Å²) in [6.45, 7) is 3.12. The summed E-state index contributed by atoms with van der Waals surface area (Å²) in [6.07, 6.45) is 0. The third kappa shape index (κ3) is 5.79. The lowest BCUT2D eigenvalue weighted by atomic mass is 10.7. The molecule has 0 saturated heterocycles. The van der Waals surface area contributed by atoms with Crippen molar-refractivity contribution in [3.05, 3.63) is 0 Å².